The second-order valence-corrected chi connectivity index (χ2v) is 9.27. The minimum Gasteiger partial charge on any atom is -0.459 e. The van der Waals surface area contributed by atoms with Gasteiger partial charge in [0.05, 0.1) is 21.4 Å². The monoisotopic (exact) mass is 376 g/mol. The van der Waals surface area contributed by atoms with E-state index in [1.165, 1.54) is 18.5 Å². The first-order valence-electron chi connectivity index (χ1n) is 7.91. The molecule has 1 aliphatic heterocycles. The molecule has 5 nitrogen and oxygen atoms in total. The van der Waals surface area contributed by atoms with Gasteiger partial charge in [0.25, 0.3) is 0 Å². The Morgan fingerprint density at radius 3 is 2.76 bits per heavy atom. The zero-order valence-corrected chi connectivity index (χ0v) is 15.4. The number of furan rings is 1. The van der Waals surface area contributed by atoms with Crippen LogP contribution in [0.1, 0.15) is 25.2 Å². The second kappa shape index (κ2) is 5.56. The van der Waals surface area contributed by atoms with E-state index < -0.39 is 9.84 Å². The van der Waals surface area contributed by atoms with Gasteiger partial charge in [0.2, 0.25) is 9.84 Å². The zero-order chi connectivity index (χ0) is 17.8. The molecule has 0 saturated heterocycles. The van der Waals surface area contributed by atoms with E-state index in [0.29, 0.717) is 12.1 Å². The van der Waals surface area contributed by atoms with Gasteiger partial charge in [0, 0.05) is 41.4 Å². The summed E-state index contributed by atoms with van der Waals surface area (Å²) in [6.45, 7) is 5.79. The number of benzene rings is 1. The minimum atomic E-state index is -3.71. The summed E-state index contributed by atoms with van der Waals surface area (Å²) in [7, 11) is -3.71. The highest BCUT2D eigenvalue weighted by atomic mass is 35.5. The molecule has 3 heterocycles. The van der Waals surface area contributed by atoms with Crippen LogP contribution < -0.4 is 5.32 Å². The highest BCUT2D eigenvalue weighted by Crippen LogP contribution is 2.39. The number of hydrogen-bond acceptors (Lipinski definition) is 5. The lowest BCUT2D eigenvalue weighted by atomic mass is 9.80. The largest absolute Gasteiger partial charge is 0.459 e. The van der Waals surface area contributed by atoms with Gasteiger partial charge in [-0.2, -0.15) is 0 Å². The van der Waals surface area contributed by atoms with Crippen molar-refractivity contribution in [2.75, 3.05) is 6.54 Å². The maximum absolute atomic E-state index is 12.8. The Hall–Kier alpha value is -1.89. The van der Waals surface area contributed by atoms with E-state index in [2.05, 4.69) is 24.1 Å². The van der Waals surface area contributed by atoms with E-state index in [0.717, 1.165) is 23.3 Å². The number of aromatic nitrogens is 1. The van der Waals surface area contributed by atoms with Crippen LogP contribution in [0, 0.1) is 0 Å². The fourth-order valence-electron chi connectivity index (χ4n) is 3.41. The van der Waals surface area contributed by atoms with E-state index >= 15 is 0 Å². The summed E-state index contributed by atoms with van der Waals surface area (Å²) in [5, 5.41) is 4.58. The van der Waals surface area contributed by atoms with Crippen molar-refractivity contribution in [1.82, 2.24) is 10.3 Å². The van der Waals surface area contributed by atoms with Crippen molar-refractivity contribution in [2.45, 2.75) is 35.6 Å². The summed E-state index contributed by atoms with van der Waals surface area (Å²) in [5.41, 5.74) is 1.66. The predicted octanol–water partition coefficient (Wildman–Crippen LogP) is 3.69. The molecule has 25 heavy (non-hydrogen) atoms. The van der Waals surface area contributed by atoms with E-state index in [4.69, 9.17) is 16.0 Å². The summed E-state index contributed by atoms with van der Waals surface area (Å²) in [6, 6.07) is 6.43. The van der Waals surface area contributed by atoms with Crippen LogP contribution in [0.3, 0.4) is 0 Å². The molecule has 1 aromatic carbocycles. The van der Waals surface area contributed by atoms with Gasteiger partial charge in [-0.15, -0.1) is 0 Å². The van der Waals surface area contributed by atoms with Crippen LogP contribution in [0.15, 0.2) is 50.9 Å². The van der Waals surface area contributed by atoms with Crippen molar-refractivity contribution in [3.63, 3.8) is 0 Å². The highest BCUT2D eigenvalue weighted by molar-refractivity contribution is 7.91. The first-order valence-corrected chi connectivity index (χ1v) is 9.77. The van der Waals surface area contributed by atoms with Gasteiger partial charge in [0.15, 0.2) is 0 Å². The normalized spacial score (nSPS) is 16.8. The minimum absolute atomic E-state index is 0.0673. The third-order valence-corrected chi connectivity index (χ3v) is 6.49. The van der Waals surface area contributed by atoms with Gasteiger partial charge in [-0.25, -0.2) is 8.42 Å². The molecule has 7 heteroatoms. The Labute approximate surface area is 150 Å². The third-order valence-electron chi connectivity index (χ3n) is 4.56. The summed E-state index contributed by atoms with van der Waals surface area (Å²) < 4.78 is 31.6. The molecule has 130 valence electrons. The number of nitrogens with one attached hydrogen (secondary N) is 1. The Morgan fingerprint density at radius 2 is 2.00 bits per heavy atom. The SMILES string of the molecule is CC1(C)CNCc2oc3cc(S(=O)(=O)c4cncc(Cl)c4)ccc3c21. The molecule has 2 aromatic heterocycles. The van der Waals surface area contributed by atoms with Crippen molar-refractivity contribution in [2.24, 2.45) is 0 Å². The van der Waals surface area contributed by atoms with Gasteiger partial charge in [-0.1, -0.05) is 25.4 Å². The number of halogens is 1. The van der Waals surface area contributed by atoms with Crippen LogP contribution in [-0.2, 0) is 21.8 Å². The van der Waals surface area contributed by atoms with Crippen molar-refractivity contribution in [3.05, 3.63) is 53.0 Å². The molecule has 0 aliphatic carbocycles. The van der Waals surface area contributed by atoms with Crippen LogP contribution in [0.2, 0.25) is 5.02 Å². The zero-order valence-electron chi connectivity index (χ0n) is 13.8. The molecule has 0 bridgehead atoms. The van der Waals surface area contributed by atoms with Crippen molar-refractivity contribution >= 4 is 32.4 Å². The number of nitrogens with zero attached hydrogens (tertiary/aromatic N) is 1. The molecule has 1 aliphatic rings. The lowest BCUT2D eigenvalue weighted by Gasteiger charge is -2.29. The molecule has 0 fully saturated rings. The molecular weight excluding hydrogens is 360 g/mol. The van der Waals surface area contributed by atoms with Crippen molar-refractivity contribution in [1.29, 1.82) is 0 Å². The number of pyridine rings is 1. The van der Waals surface area contributed by atoms with Crippen LogP contribution in [0.5, 0.6) is 0 Å². The average molecular weight is 377 g/mol. The fraction of sp³-hybridized carbons (Fsp3) is 0.278. The lowest BCUT2D eigenvalue weighted by Crippen LogP contribution is -2.37. The van der Waals surface area contributed by atoms with Crippen LogP contribution >= 0.6 is 11.6 Å². The highest BCUT2D eigenvalue weighted by Gasteiger charge is 2.33. The molecular formula is C18H17ClN2O3S. The Balaban J connectivity index is 1.88. The molecule has 0 saturated carbocycles. The van der Waals surface area contributed by atoms with Gasteiger partial charge in [-0.3, -0.25) is 4.98 Å². The number of hydrogen-bond donors (Lipinski definition) is 1. The lowest BCUT2D eigenvalue weighted by molar-refractivity contribution is 0.391. The van der Waals surface area contributed by atoms with Crippen LogP contribution in [0.25, 0.3) is 11.0 Å². The van der Waals surface area contributed by atoms with Gasteiger partial charge < -0.3 is 9.73 Å². The molecule has 0 spiro atoms. The standard InChI is InChI=1S/C18H17ClN2O3S/c1-18(2)10-21-9-16-17(18)14-4-3-12(6-15(14)24-16)25(22,23)13-5-11(19)7-20-8-13/h3-8,21H,9-10H2,1-2H3. The van der Waals surface area contributed by atoms with Crippen molar-refractivity contribution < 1.29 is 12.8 Å². The molecule has 4 rings (SSSR count). The average Bonchev–Trinajstić information content (AvgIpc) is 2.93. The molecule has 0 amide bonds. The van der Waals surface area contributed by atoms with Gasteiger partial charge >= 0.3 is 0 Å². The maximum atomic E-state index is 12.8. The summed E-state index contributed by atoms with van der Waals surface area (Å²) in [6.07, 6.45) is 2.70. The fourth-order valence-corrected chi connectivity index (χ4v) is 4.92. The topological polar surface area (TPSA) is 72.2 Å². The maximum Gasteiger partial charge on any atom is 0.208 e. The van der Waals surface area contributed by atoms with Crippen LogP contribution in [-0.4, -0.2) is 19.9 Å². The van der Waals surface area contributed by atoms with Crippen LogP contribution in [0.4, 0.5) is 0 Å². The smallest absolute Gasteiger partial charge is 0.208 e. The molecule has 0 atom stereocenters. The van der Waals surface area contributed by atoms with Gasteiger partial charge in [0.1, 0.15) is 11.3 Å². The molecule has 1 N–H and O–H groups in total. The van der Waals surface area contributed by atoms with E-state index in [1.807, 2.05) is 6.07 Å². The molecule has 0 radical (unpaired) electrons. The Bertz CT molecular complexity index is 1090. The number of fused-ring (bicyclic) bond motifs is 3. The molecule has 3 aromatic rings. The first-order chi connectivity index (χ1) is 11.8. The Morgan fingerprint density at radius 1 is 1.20 bits per heavy atom. The molecule has 0 unspecified atom stereocenters. The summed E-state index contributed by atoms with van der Waals surface area (Å²) >= 11 is 5.88. The quantitative estimate of drug-likeness (QED) is 0.738. The first kappa shape index (κ1) is 16.6. The Kier molecular flexibility index (Phi) is 3.68. The van der Waals surface area contributed by atoms with E-state index in [9.17, 15) is 8.42 Å². The van der Waals surface area contributed by atoms with E-state index in [1.54, 1.807) is 12.1 Å². The predicted molar refractivity (Wildman–Crippen MR) is 95.6 cm³/mol. The third kappa shape index (κ3) is 2.65. The van der Waals surface area contributed by atoms with E-state index in [-0.39, 0.29) is 20.2 Å². The summed E-state index contributed by atoms with van der Waals surface area (Å²) in [4.78, 5) is 4.10. The van der Waals surface area contributed by atoms with Gasteiger partial charge in [-0.05, 0) is 18.2 Å². The number of sulfone groups is 1. The number of rotatable bonds is 2. The summed E-state index contributed by atoms with van der Waals surface area (Å²) in [5.74, 6) is 0.866. The second-order valence-electron chi connectivity index (χ2n) is 6.89. The van der Waals surface area contributed by atoms with Crippen molar-refractivity contribution in [3.8, 4) is 0 Å².